The average Bonchev–Trinajstić information content (AvgIpc) is 3.60. The Labute approximate surface area is 179 Å². The third-order valence-corrected chi connectivity index (χ3v) is 4.75. The van der Waals surface area contributed by atoms with Gasteiger partial charge in [-0.25, -0.2) is 9.97 Å². The van der Waals surface area contributed by atoms with E-state index in [1.165, 1.54) is 18.6 Å². The molecule has 1 saturated carbocycles. The van der Waals surface area contributed by atoms with Crippen LogP contribution in [0.15, 0.2) is 24.7 Å². The summed E-state index contributed by atoms with van der Waals surface area (Å²) in [6.45, 7) is 0.663. The molecule has 10 heteroatoms. The first-order chi connectivity index (χ1) is 15.0. The molecule has 2 aromatic rings. The Morgan fingerprint density at radius 3 is 2.71 bits per heavy atom. The first kappa shape index (κ1) is 21.8. The topological polar surface area (TPSA) is 148 Å². The number of hydrogen-bond acceptors (Lipinski definition) is 9. The molecule has 3 rings (SSSR count). The number of carbonyl (C=O) groups excluding carboxylic acids is 2. The second-order valence-electron chi connectivity index (χ2n) is 7.38. The molecule has 0 spiro atoms. The lowest BCUT2D eigenvalue weighted by Crippen LogP contribution is -2.35. The van der Waals surface area contributed by atoms with Crippen LogP contribution in [0.4, 0.5) is 11.5 Å². The molecule has 0 aliphatic heterocycles. The van der Waals surface area contributed by atoms with E-state index in [1.807, 2.05) is 6.07 Å². The van der Waals surface area contributed by atoms with Crippen LogP contribution in [0, 0.1) is 28.6 Å². The van der Waals surface area contributed by atoms with Gasteiger partial charge in [-0.2, -0.15) is 10.5 Å². The molecule has 2 heterocycles. The molecule has 1 atom stereocenters. The molecule has 0 aromatic carbocycles. The Morgan fingerprint density at radius 1 is 1.29 bits per heavy atom. The molecule has 0 saturated heterocycles. The highest BCUT2D eigenvalue weighted by atomic mass is 16.2. The van der Waals surface area contributed by atoms with Crippen molar-refractivity contribution in [2.24, 2.45) is 5.92 Å². The van der Waals surface area contributed by atoms with Gasteiger partial charge in [0.15, 0.2) is 11.5 Å². The van der Waals surface area contributed by atoms with Gasteiger partial charge in [0.05, 0.1) is 36.4 Å². The van der Waals surface area contributed by atoms with Crippen LogP contribution in [0.5, 0.6) is 0 Å². The van der Waals surface area contributed by atoms with Gasteiger partial charge in [0.1, 0.15) is 12.4 Å². The summed E-state index contributed by atoms with van der Waals surface area (Å²) < 4.78 is 0. The Kier molecular flexibility index (Phi) is 7.20. The van der Waals surface area contributed by atoms with Gasteiger partial charge in [-0.3, -0.25) is 14.7 Å². The standard InChI is InChI=1S/C21H22N8O2/c1-29(6-5-22)13-16(4-7-30)27-17-8-15(10-24-18(17)9-23)19-11-26-20(12-25-19)28-21(31)14-2-3-14/h7-8,10-12,14,16,27H,2-4,6,13H2,1H3,(H,26,28,31). The number of carbonyl (C=O) groups is 2. The van der Waals surface area contributed by atoms with Gasteiger partial charge in [-0.1, -0.05) is 0 Å². The Bertz CT molecular complexity index is 1020. The molecule has 2 N–H and O–H groups in total. The minimum Gasteiger partial charge on any atom is -0.378 e. The predicted molar refractivity (Wildman–Crippen MR) is 113 cm³/mol. The van der Waals surface area contributed by atoms with Gasteiger partial charge in [-0.05, 0) is 26.0 Å². The maximum Gasteiger partial charge on any atom is 0.228 e. The van der Waals surface area contributed by atoms with E-state index in [2.05, 4.69) is 31.7 Å². The smallest absolute Gasteiger partial charge is 0.228 e. The van der Waals surface area contributed by atoms with E-state index in [4.69, 9.17) is 5.26 Å². The second kappa shape index (κ2) is 10.2. The Hall–Kier alpha value is -3.89. The molecule has 0 bridgehead atoms. The summed E-state index contributed by atoms with van der Waals surface area (Å²) in [5, 5.41) is 24.2. The number of likely N-dealkylation sites (N-methyl/N-ethyl adjacent to an activating group) is 1. The van der Waals surface area contributed by atoms with Crippen LogP contribution in [0.25, 0.3) is 11.3 Å². The molecular formula is C21H22N8O2. The van der Waals surface area contributed by atoms with E-state index >= 15 is 0 Å². The summed E-state index contributed by atoms with van der Waals surface area (Å²) in [7, 11) is 1.78. The molecule has 0 radical (unpaired) electrons. The number of nitrogens with zero attached hydrogens (tertiary/aromatic N) is 6. The van der Waals surface area contributed by atoms with Crippen molar-refractivity contribution in [1.82, 2.24) is 19.9 Å². The van der Waals surface area contributed by atoms with Crippen LogP contribution >= 0.6 is 0 Å². The summed E-state index contributed by atoms with van der Waals surface area (Å²) >= 11 is 0. The monoisotopic (exact) mass is 418 g/mol. The van der Waals surface area contributed by atoms with Gasteiger partial charge >= 0.3 is 0 Å². The lowest BCUT2D eigenvalue weighted by molar-refractivity contribution is -0.117. The molecular weight excluding hydrogens is 396 g/mol. The van der Waals surface area contributed by atoms with Crippen LogP contribution in [-0.4, -0.2) is 58.2 Å². The summed E-state index contributed by atoms with van der Waals surface area (Å²) in [5.41, 5.74) is 1.80. The first-order valence-corrected chi connectivity index (χ1v) is 9.83. The number of aromatic nitrogens is 3. The molecule has 1 aliphatic carbocycles. The van der Waals surface area contributed by atoms with E-state index in [-0.39, 0.29) is 36.5 Å². The van der Waals surface area contributed by atoms with Crippen molar-refractivity contribution >= 4 is 23.7 Å². The number of hydrogen-bond donors (Lipinski definition) is 2. The molecule has 1 amide bonds. The summed E-state index contributed by atoms with van der Waals surface area (Å²) in [4.78, 5) is 37.5. The predicted octanol–water partition coefficient (Wildman–Crippen LogP) is 1.58. The number of aldehydes is 1. The maximum absolute atomic E-state index is 11.8. The van der Waals surface area contributed by atoms with Crippen molar-refractivity contribution < 1.29 is 9.59 Å². The molecule has 158 valence electrons. The van der Waals surface area contributed by atoms with Crippen molar-refractivity contribution in [3.05, 3.63) is 30.4 Å². The number of amides is 1. The van der Waals surface area contributed by atoms with Crippen molar-refractivity contribution in [3.8, 4) is 23.4 Å². The van der Waals surface area contributed by atoms with Gasteiger partial charge in [0.2, 0.25) is 5.91 Å². The van der Waals surface area contributed by atoms with Crippen molar-refractivity contribution in [2.45, 2.75) is 25.3 Å². The number of pyridine rings is 1. The minimum atomic E-state index is -0.300. The van der Waals surface area contributed by atoms with Gasteiger partial charge in [-0.15, -0.1) is 0 Å². The van der Waals surface area contributed by atoms with E-state index in [1.54, 1.807) is 18.0 Å². The van der Waals surface area contributed by atoms with Crippen LogP contribution in [0.1, 0.15) is 25.0 Å². The third kappa shape index (κ3) is 6.04. The maximum atomic E-state index is 11.8. The fourth-order valence-electron chi connectivity index (χ4n) is 3.00. The fraction of sp³-hybridized carbons (Fsp3) is 0.381. The summed E-state index contributed by atoms with van der Waals surface area (Å²) in [6, 6.07) is 5.52. The van der Waals surface area contributed by atoms with Crippen LogP contribution < -0.4 is 10.6 Å². The number of rotatable bonds is 10. The molecule has 31 heavy (non-hydrogen) atoms. The van der Waals surface area contributed by atoms with E-state index in [9.17, 15) is 14.9 Å². The van der Waals surface area contributed by atoms with Crippen molar-refractivity contribution in [1.29, 1.82) is 10.5 Å². The normalized spacial score (nSPS) is 13.7. The van der Waals surface area contributed by atoms with Crippen molar-refractivity contribution in [3.63, 3.8) is 0 Å². The highest BCUT2D eigenvalue weighted by molar-refractivity contribution is 5.93. The Balaban J connectivity index is 1.77. The van der Waals surface area contributed by atoms with E-state index in [0.717, 1.165) is 19.1 Å². The quantitative estimate of drug-likeness (QED) is 0.433. The van der Waals surface area contributed by atoms with Crippen LogP contribution in [0.3, 0.4) is 0 Å². The molecule has 2 aromatic heterocycles. The zero-order valence-electron chi connectivity index (χ0n) is 17.1. The second-order valence-corrected chi connectivity index (χ2v) is 7.38. The molecule has 1 fully saturated rings. The lowest BCUT2D eigenvalue weighted by Gasteiger charge is -2.23. The van der Waals surface area contributed by atoms with Gasteiger partial charge < -0.3 is 15.4 Å². The van der Waals surface area contributed by atoms with E-state index in [0.29, 0.717) is 29.3 Å². The lowest BCUT2D eigenvalue weighted by atomic mass is 10.1. The average molecular weight is 418 g/mol. The Morgan fingerprint density at radius 2 is 2.10 bits per heavy atom. The highest BCUT2D eigenvalue weighted by Gasteiger charge is 2.29. The van der Waals surface area contributed by atoms with Crippen molar-refractivity contribution in [2.75, 3.05) is 30.8 Å². The van der Waals surface area contributed by atoms with Gasteiger partial charge in [0, 0.05) is 36.7 Å². The highest BCUT2D eigenvalue weighted by Crippen LogP contribution is 2.30. The number of nitriles is 2. The largest absolute Gasteiger partial charge is 0.378 e. The molecule has 1 aliphatic rings. The van der Waals surface area contributed by atoms with Gasteiger partial charge in [0.25, 0.3) is 0 Å². The van der Waals surface area contributed by atoms with Crippen LogP contribution in [0.2, 0.25) is 0 Å². The fourth-order valence-corrected chi connectivity index (χ4v) is 3.00. The molecule has 10 nitrogen and oxygen atoms in total. The molecule has 1 unspecified atom stereocenters. The number of anilines is 2. The summed E-state index contributed by atoms with van der Waals surface area (Å²) in [5.74, 6) is 0.410. The zero-order chi connectivity index (χ0) is 22.2. The third-order valence-electron chi connectivity index (χ3n) is 4.75. The van der Waals surface area contributed by atoms with E-state index < -0.39 is 0 Å². The summed E-state index contributed by atoms with van der Waals surface area (Å²) in [6.07, 6.45) is 7.34. The zero-order valence-corrected chi connectivity index (χ0v) is 17.1. The van der Waals surface area contributed by atoms with Crippen LogP contribution in [-0.2, 0) is 9.59 Å². The minimum absolute atomic E-state index is 0.0452. The number of nitrogens with one attached hydrogen (secondary N) is 2. The SMILES string of the molecule is CN(CC#N)CC(CC=O)Nc1cc(-c2cnc(NC(=O)C3CC3)cn2)cnc1C#N. The first-order valence-electron chi connectivity index (χ1n) is 9.83.